The van der Waals surface area contributed by atoms with Gasteiger partial charge in [0.25, 0.3) is 0 Å². The van der Waals surface area contributed by atoms with Crippen LogP contribution in [-0.2, 0) is 0 Å². The molecule has 1 saturated heterocycles. The molecule has 0 bridgehead atoms. The molecule has 0 aromatic carbocycles. The van der Waals surface area contributed by atoms with E-state index in [1.807, 2.05) is 0 Å². The van der Waals surface area contributed by atoms with E-state index in [0.29, 0.717) is 11.5 Å². The molecule has 0 aromatic rings. The summed E-state index contributed by atoms with van der Waals surface area (Å²) in [5.41, 5.74) is 6.71. The smallest absolute Gasteiger partial charge is 0.0105 e. The monoisotopic (exact) mass is 252 g/mol. The molecule has 2 N–H and O–H groups in total. The molecule has 18 heavy (non-hydrogen) atoms. The molecule has 3 atom stereocenters. The molecule has 106 valence electrons. The van der Waals surface area contributed by atoms with Crippen LogP contribution in [0.1, 0.15) is 65.2 Å². The van der Waals surface area contributed by atoms with Crippen LogP contribution in [0.25, 0.3) is 0 Å². The lowest BCUT2D eigenvalue weighted by atomic mass is 9.84. The summed E-state index contributed by atoms with van der Waals surface area (Å²) in [5, 5.41) is 0. The standard InChI is InChI=1S/C16H32N2/c1-3-6-14-7-5-11-18(12-9-14)13-16(2)10-4-8-15(16)17/h14-15H,3-13,17H2,1-2H3. The zero-order valence-corrected chi connectivity index (χ0v) is 12.5. The highest BCUT2D eigenvalue weighted by molar-refractivity contribution is 4.93. The fourth-order valence-electron chi connectivity index (χ4n) is 4.05. The third-order valence-corrected chi connectivity index (χ3v) is 5.38. The summed E-state index contributed by atoms with van der Waals surface area (Å²) in [5.74, 6) is 0.991. The van der Waals surface area contributed by atoms with Gasteiger partial charge in [-0.05, 0) is 56.5 Å². The molecule has 2 nitrogen and oxygen atoms in total. The quantitative estimate of drug-likeness (QED) is 0.831. The molecule has 2 aliphatic rings. The Balaban J connectivity index is 1.83. The largest absolute Gasteiger partial charge is 0.327 e. The van der Waals surface area contributed by atoms with E-state index in [4.69, 9.17) is 5.73 Å². The van der Waals surface area contributed by atoms with Crippen molar-refractivity contribution in [3.05, 3.63) is 0 Å². The van der Waals surface area contributed by atoms with Gasteiger partial charge >= 0.3 is 0 Å². The van der Waals surface area contributed by atoms with Crippen molar-refractivity contribution in [3.8, 4) is 0 Å². The van der Waals surface area contributed by atoms with E-state index in [1.54, 1.807) is 0 Å². The second kappa shape index (κ2) is 6.38. The van der Waals surface area contributed by atoms with Gasteiger partial charge in [0.2, 0.25) is 0 Å². The third-order valence-electron chi connectivity index (χ3n) is 5.38. The first-order valence-corrected chi connectivity index (χ1v) is 8.12. The van der Waals surface area contributed by atoms with E-state index in [2.05, 4.69) is 18.7 Å². The number of likely N-dealkylation sites (tertiary alicyclic amines) is 1. The van der Waals surface area contributed by atoms with Crippen LogP contribution in [0, 0.1) is 11.3 Å². The van der Waals surface area contributed by atoms with Crippen LogP contribution in [0.15, 0.2) is 0 Å². The lowest BCUT2D eigenvalue weighted by molar-refractivity contribution is 0.155. The minimum absolute atomic E-state index is 0.393. The maximum atomic E-state index is 6.32. The number of nitrogens with two attached hydrogens (primary N) is 1. The predicted molar refractivity (Wildman–Crippen MR) is 78.6 cm³/mol. The summed E-state index contributed by atoms with van der Waals surface area (Å²) in [6.45, 7) is 8.60. The molecular formula is C16H32N2. The third kappa shape index (κ3) is 3.48. The summed E-state index contributed by atoms with van der Waals surface area (Å²) in [4.78, 5) is 2.71. The van der Waals surface area contributed by atoms with Crippen LogP contribution in [0.2, 0.25) is 0 Å². The van der Waals surface area contributed by atoms with Crippen molar-refractivity contribution in [1.82, 2.24) is 4.90 Å². The van der Waals surface area contributed by atoms with Gasteiger partial charge in [0.15, 0.2) is 0 Å². The van der Waals surface area contributed by atoms with Gasteiger partial charge < -0.3 is 10.6 Å². The average molecular weight is 252 g/mol. The molecule has 2 rings (SSSR count). The van der Waals surface area contributed by atoms with Gasteiger partial charge in [0, 0.05) is 12.6 Å². The molecule has 3 unspecified atom stereocenters. The summed E-state index contributed by atoms with van der Waals surface area (Å²) in [7, 11) is 0. The normalized spacial score (nSPS) is 38.8. The first kappa shape index (κ1) is 14.3. The zero-order valence-electron chi connectivity index (χ0n) is 12.5. The molecule has 2 heteroatoms. The Kier molecular flexibility index (Phi) is 5.08. The topological polar surface area (TPSA) is 29.3 Å². The molecule has 1 aliphatic heterocycles. The van der Waals surface area contributed by atoms with Gasteiger partial charge in [0.05, 0.1) is 0 Å². The number of nitrogens with zero attached hydrogens (tertiary/aromatic N) is 1. The maximum Gasteiger partial charge on any atom is 0.0105 e. The minimum atomic E-state index is 0.393. The zero-order chi connectivity index (χ0) is 13.0. The Morgan fingerprint density at radius 2 is 2.00 bits per heavy atom. The fraction of sp³-hybridized carbons (Fsp3) is 1.00. The van der Waals surface area contributed by atoms with Gasteiger partial charge in [0.1, 0.15) is 0 Å². The highest BCUT2D eigenvalue weighted by Gasteiger charge is 2.37. The highest BCUT2D eigenvalue weighted by Crippen LogP contribution is 2.38. The van der Waals surface area contributed by atoms with E-state index in [9.17, 15) is 0 Å². The first-order valence-electron chi connectivity index (χ1n) is 8.12. The van der Waals surface area contributed by atoms with Gasteiger partial charge in [-0.2, -0.15) is 0 Å². The highest BCUT2D eigenvalue weighted by atomic mass is 15.1. The molecular weight excluding hydrogens is 220 g/mol. The van der Waals surface area contributed by atoms with E-state index in [0.717, 1.165) is 5.92 Å². The van der Waals surface area contributed by atoms with Gasteiger partial charge in [-0.3, -0.25) is 0 Å². The van der Waals surface area contributed by atoms with Crippen molar-refractivity contribution in [2.24, 2.45) is 17.1 Å². The summed E-state index contributed by atoms with van der Waals surface area (Å²) < 4.78 is 0. The van der Waals surface area contributed by atoms with Crippen LogP contribution in [0.3, 0.4) is 0 Å². The van der Waals surface area contributed by atoms with Crippen molar-refractivity contribution in [2.45, 2.75) is 71.3 Å². The molecule has 0 radical (unpaired) electrons. The summed E-state index contributed by atoms with van der Waals surface area (Å²) in [6.07, 6.45) is 11.0. The minimum Gasteiger partial charge on any atom is -0.327 e. The van der Waals surface area contributed by atoms with Gasteiger partial charge in [-0.25, -0.2) is 0 Å². The molecule has 0 spiro atoms. The van der Waals surface area contributed by atoms with Crippen LogP contribution in [-0.4, -0.2) is 30.6 Å². The number of hydrogen-bond donors (Lipinski definition) is 1. The molecule has 1 heterocycles. The van der Waals surface area contributed by atoms with E-state index in [1.165, 1.54) is 71.0 Å². The van der Waals surface area contributed by atoms with Crippen molar-refractivity contribution >= 4 is 0 Å². The van der Waals surface area contributed by atoms with Gasteiger partial charge in [-0.1, -0.05) is 33.1 Å². The molecule has 2 fully saturated rings. The van der Waals surface area contributed by atoms with E-state index < -0.39 is 0 Å². The maximum absolute atomic E-state index is 6.32. The Hall–Kier alpha value is -0.0800. The Labute approximate surface area is 113 Å². The van der Waals surface area contributed by atoms with Crippen molar-refractivity contribution in [1.29, 1.82) is 0 Å². The van der Waals surface area contributed by atoms with Crippen LogP contribution in [0.4, 0.5) is 0 Å². The van der Waals surface area contributed by atoms with Crippen LogP contribution < -0.4 is 5.73 Å². The Morgan fingerprint density at radius 3 is 2.67 bits per heavy atom. The molecule has 0 aromatic heterocycles. The average Bonchev–Trinajstić information content (AvgIpc) is 2.53. The SMILES string of the molecule is CCCC1CCCN(CC2(C)CCCC2N)CC1. The fourth-order valence-corrected chi connectivity index (χ4v) is 4.05. The first-order chi connectivity index (χ1) is 8.64. The summed E-state index contributed by atoms with van der Waals surface area (Å²) in [6, 6.07) is 0.437. The Bertz CT molecular complexity index is 253. The molecule has 0 amide bonds. The second-order valence-electron chi connectivity index (χ2n) is 7.01. The van der Waals surface area contributed by atoms with Crippen molar-refractivity contribution in [3.63, 3.8) is 0 Å². The van der Waals surface area contributed by atoms with Crippen molar-refractivity contribution < 1.29 is 0 Å². The predicted octanol–water partition coefficient (Wildman–Crippen LogP) is 3.41. The van der Waals surface area contributed by atoms with Crippen molar-refractivity contribution in [2.75, 3.05) is 19.6 Å². The van der Waals surface area contributed by atoms with Crippen LogP contribution >= 0.6 is 0 Å². The lowest BCUT2D eigenvalue weighted by Crippen LogP contribution is -2.44. The summed E-state index contributed by atoms with van der Waals surface area (Å²) >= 11 is 0. The molecule has 1 aliphatic carbocycles. The molecule has 1 saturated carbocycles. The van der Waals surface area contributed by atoms with E-state index >= 15 is 0 Å². The van der Waals surface area contributed by atoms with Crippen LogP contribution in [0.5, 0.6) is 0 Å². The number of hydrogen-bond acceptors (Lipinski definition) is 2. The van der Waals surface area contributed by atoms with E-state index in [-0.39, 0.29) is 0 Å². The number of rotatable bonds is 4. The Morgan fingerprint density at radius 1 is 1.17 bits per heavy atom. The van der Waals surface area contributed by atoms with Gasteiger partial charge in [-0.15, -0.1) is 0 Å². The lowest BCUT2D eigenvalue weighted by Gasteiger charge is -2.35. The second-order valence-corrected chi connectivity index (χ2v) is 7.01.